The van der Waals surface area contributed by atoms with Gasteiger partial charge in [-0.15, -0.1) is 5.10 Å². The molecular formula is C37H37F3N8O5. The number of aromatic nitrogens is 5. The van der Waals surface area contributed by atoms with Crippen LogP contribution in [0.15, 0.2) is 61.1 Å². The second kappa shape index (κ2) is 15.4. The van der Waals surface area contributed by atoms with Gasteiger partial charge >= 0.3 is 0 Å². The van der Waals surface area contributed by atoms with Gasteiger partial charge in [0.1, 0.15) is 23.1 Å². The third-order valence-electron chi connectivity index (χ3n) is 9.41. The van der Waals surface area contributed by atoms with E-state index in [9.17, 15) is 18.4 Å². The molecule has 2 aliphatic heterocycles. The molecule has 2 aromatic carbocycles. The predicted octanol–water partition coefficient (Wildman–Crippen LogP) is 4.90. The number of rotatable bonds is 11. The molecule has 0 saturated carbocycles. The first-order chi connectivity index (χ1) is 25.7. The van der Waals surface area contributed by atoms with Crippen LogP contribution in [-0.4, -0.2) is 107 Å². The van der Waals surface area contributed by atoms with Crippen molar-refractivity contribution in [2.75, 3.05) is 65.2 Å². The number of pyridine rings is 1. The molecule has 0 spiro atoms. The van der Waals surface area contributed by atoms with Gasteiger partial charge in [0, 0.05) is 81.6 Å². The third-order valence-corrected chi connectivity index (χ3v) is 9.41. The number of amides is 2. The summed E-state index contributed by atoms with van der Waals surface area (Å²) in [5.74, 6) is -1.09. The van der Waals surface area contributed by atoms with Gasteiger partial charge in [-0.2, -0.15) is 0 Å². The number of hydrogen-bond donors (Lipinski definition) is 1. The van der Waals surface area contributed by atoms with Crippen molar-refractivity contribution in [3.63, 3.8) is 0 Å². The van der Waals surface area contributed by atoms with Gasteiger partial charge in [-0.3, -0.25) is 14.3 Å². The summed E-state index contributed by atoms with van der Waals surface area (Å²) < 4.78 is 63.2. The van der Waals surface area contributed by atoms with Crippen LogP contribution in [0.4, 0.5) is 19.0 Å². The number of anilines is 1. The minimum atomic E-state index is -0.610. The summed E-state index contributed by atoms with van der Waals surface area (Å²) >= 11 is 0. The number of aryl methyl sites for hydroxylation is 1. The van der Waals surface area contributed by atoms with Crippen molar-refractivity contribution >= 4 is 34.1 Å². The van der Waals surface area contributed by atoms with Crippen LogP contribution < -0.4 is 14.4 Å². The van der Waals surface area contributed by atoms with Crippen LogP contribution in [0.2, 0.25) is 0 Å². The SMILES string of the molecule is COCOc1ccc(F)cc1-c1cc(C2=CCCN(C(=O)CCn3ccnn3)C2)c(F)c2[nH]c(C(=O)N3CCN(c4ncc(F)cc4OC)CC3)cc12. The average Bonchev–Trinajstić information content (AvgIpc) is 3.88. The zero-order valence-corrected chi connectivity index (χ0v) is 29.2. The van der Waals surface area contributed by atoms with Gasteiger partial charge < -0.3 is 33.9 Å². The van der Waals surface area contributed by atoms with Crippen molar-refractivity contribution in [3.05, 3.63) is 89.8 Å². The summed E-state index contributed by atoms with van der Waals surface area (Å²) in [6.07, 6.45) is 6.91. The van der Waals surface area contributed by atoms with E-state index >= 15 is 4.39 Å². The normalized spacial score (nSPS) is 14.8. The van der Waals surface area contributed by atoms with E-state index in [1.807, 2.05) is 11.0 Å². The number of nitrogens with one attached hydrogen (secondary N) is 1. The molecule has 5 aromatic rings. The molecule has 7 rings (SSSR count). The summed E-state index contributed by atoms with van der Waals surface area (Å²) in [7, 11) is 2.90. The Kier molecular flexibility index (Phi) is 10.3. The summed E-state index contributed by atoms with van der Waals surface area (Å²) in [5, 5.41) is 8.03. The van der Waals surface area contributed by atoms with Crippen molar-refractivity contribution in [1.29, 1.82) is 0 Å². The maximum absolute atomic E-state index is 16.8. The number of fused-ring (bicyclic) bond motifs is 1. The minimum absolute atomic E-state index is 0.0530. The quantitative estimate of drug-likeness (QED) is 0.189. The smallest absolute Gasteiger partial charge is 0.270 e. The molecule has 53 heavy (non-hydrogen) atoms. The Labute approximate surface area is 302 Å². The minimum Gasteiger partial charge on any atom is -0.493 e. The second-order valence-electron chi connectivity index (χ2n) is 12.7. The molecular weight excluding hydrogens is 693 g/mol. The fourth-order valence-corrected chi connectivity index (χ4v) is 6.76. The Balaban J connectivity index is 1.21. The lowest BCUT2D eigenvalue weighted by Crippen LogP contribution is -2.49. The summed E-state index contributed by atoms with van der Waals surface area (Å²) in [6, 6.07) is 8.46. The Morgan fingerprint density at radius 2 is 1.74 bits per heavy atom. The number of nitrogens with zero attached hydrogens (tertiary/aromatic N) is 7. The zero-order valence-electron chi connectivity index (χ0n) is 29.2. The number of hydrogen-bond acceptors (Lipinski definition) is 9. The van der Waals surface area contributed by atoms with Crippen molar-refractivity contribution in [2.45, 2.75) is 19.4 Å². The van der Waals surface area contributed by atoms with Gasteiger partial charge in [0.05, 0.1) is 31.6 Å². The van der Waals surface area contributed by atoms with Crippen molar-refractivity contribution in [2.24, 2.45) is 0 Å². The Morgan fingerprint density at radius 3 is 2.49 bits per heavy atom. The molecule has 2 amide bonds. The standard InChI is InChI=1S/C37H37F3N8O5/c1-51-22-53-31-6-5-24(38)16-28(31)27-18-26(23-4-3-9-47(21-23)33(49)7-10-48-11-8-42-44-48)34(40)35-29(27)19-30(43-35)37(50)46-14-12-45(13-15-46)36-32(52-2)17-25(39)20-41-36/h4-6,8,11,16-20,43H,3,7,9-10,12-15,21-22H2,1-2H3. The molecule has 13 nitrogen and oxygen atoms in total. The fourth-order valence-electron chi connectivity index (χ4n) is 6.76. The number of ether oxygens (including phenoxy) is 3. The molecule has 276 valence electrons. The Hall–Kier alpha value is -5.90. The first-order valence-electron chi connectivity index (χ1n) is 17.1. The summed E-state index contributed by atoms with van der Waals surface area (Å²) in [6.45, 7) is 2.27. The highest BCUT2D eigenvalue weighted by Crippen LogP contribution is 2.41. The molecule has 5 heterocycles. The molecule has 0 radical (unpaired) electrons. The monoisotopic (exact) mass is 730 g/mol. The van der Waals surface area contributed by atoms with Crippen LogP contribution in [0.5, 0.6) is 11.5 Å². The number of benzene rings is 2. The Bertz CT molecular complexity index is 2170. The highest BCUT2D eigenvalue weighted by Gasteiger charge is 2.29. The van der Waals surface area contributed by atoms with Crippen LogP contribution in [-0.2, 0) is 16.1 Å². The second-order valence-corrected chi connectivity index (χ2v) is 12.7. The molecule has 1 fully saturated rings. The van der Waals surface area contributed by atoms with E-state index < -0.39 is 17.5 Å². The summed E-state index contributed by atoms with van der Waals surface area (Å²) in [4.78, 5) is 39.6. The molecule has 1 N–H and O–H groups in total. The van der Waals surface area contributed by atoms with Crippen LogP contribution in [0, 0.1) is 17.5 Å². The topological polar surface area (TPSA) is 131 Å². The summed E-state index contributed by atoms with van der Waals surface area (Å²) in [5.41, 5.74) is 1.73. The maximum atomic E-state index is 16.8. The lowest BCUT2D eigenvalue weighted by atomic mass is 9.92. The molecule has 1 saturated heterocycles. The number of carbonyl (C=O) groups is 2. The number of methoxy groups -OCH3 is 2. The van der Waals surface area contributed by atoms with E-state index in [1.54, 1.807) is 32.8 Å². The van der Waals surface area contributed by atoms with Gasteiger partial charge in [0.2, 0.25) is 5.91 Å². The van der Waals surface area contributed by atoms with Crippen molar-refractivity contribution in [3.8, 4) is 22.6 Å². The number of H-pyrrole nitrogens is 1. The van der Waals surface area contributed by atoms with E-state index in [-0.39, 0.29) is 54.1 Å². The van der Waals surface area contributed by atoms with E-state index in [0.29, 0.717) is 79.3 Å². The molecule has 3 aromatic heterocycles. The van der Waals surface area contributed by atoms with Gasteiger partial charge in [0.25, 0.3) is 5.91 Å². The molecule has 0 atom stereocenters. The van der Waals surface area contributed by atoms with E-state index in [1.165, 1.54) is 44.7 Å². The van der Waals surface area contributed by atoms with Crippen molar-refractivity contribution < 1.29 is 37.0 Å². The van der Waals surface area contributed by atoms with E-state index in [2.05, 4.69) is 20.3 Å². The van der Waals surface area contributed by atoms with Crippen LogP contribution in [0.3, 0.4) is 0 Å². The largest absolute Gasteiger partial charge is 0.493 e. The van der Waals surface area contributed by atoms with Crippen LogP contribution >= 0.6 is 0 Å². The number of halogens is 3. The average molecular weight is 731 g/mol. The molecule has 16 heteroatoms. The first kappa shape index (κ1) is 35.5. The Morgan fingerprint density at radius 1 is 0.906 bits per heavy atom. The maximum Gasteiger partial charge on any atom is 0.270 e. The van der Waals surface area contributed by atoms with Gasteiger partial charge in [-0.1, -0.05) is 11.3 Å². The van der Waals surface area contributed by atoms with Gasteiger partial charge in [-0.25, -0.2) is 18.2 Å². The first-order valence-corrected chi connectivity index (χ1v) is 17.1. The number of carbonyl (C=O) groups excluding carboxylic acids is 2. The highest BCUT2D eigenvalue weighted by molar-refractivity contribution is 6.05. The molecule has 2 aliphatic rings. The fraction of sp³-hybridized carbons (Fsp3) is 0.324. The molecule has 0 aliphatic carbocycles. The van der Waals surface area contributed by atoms with Gasteiger partial charge in [-0.05, 0) is 47.9 Å². The number of aromatic amines is 1. The van der Waals surface area contributed by atoms with Crippen molar-refractivity contribution in [1.82, 2.24) is 34.8 Å². The molecule has 0 bridgehead atoms. The van der Waals surface area contributed by atoms with Gasteiger partial charge in [0.15, 0.2) is 24.2 Å². The predicted molar refractivity (Wildman–Crippen MR) is 189 cm³/mol. The third kappa shape index (κ3) is 7.40. The van der Waals surface area contributed by atoms with Crippen LogP contribution in [0.1, 0.15) is 28.9 Å². The lowest BCUT2D eigenvalue weighted by molar-refractivity contribution is -0.131. The van der Waals surface area contributed by atoms with Crippen LogP contribution in [0.25, 0.3) is 27.6 Å². The molecule has 0 unspecified atom stereocenters. The number of piperazine rings is 1. The highest BCUT2D eigenvalue weighted by atomic mass is 19.1. The lowest BCUT2D eigenvalue weighted by Gasteiger charge is -2.35. The van der Waals surface area contributed by atoms with E-state index in [4.69, 9.17) is 14.2 Å². The van der Waals surface area contributed by atoms with E-state index in [0.717, 1.165) is 6.20 Å². The zero-order chi connectivity index (χ0) is 37.1.